The first-order valence-electron chi connectivity index (χ1n) is 8.56. The lowest BCUT2D eigenvalue weighted by Crippen LogP contribution is -2.34. The van der Waals surface area contributed by atoms with E-state index in [2.05, 4.69) is 5.32 Å². The van der Waals surface area contributed by atoms with E-state index in [1.807, 2.05) is 0 Å². The van der Waals surface area contributed by atoms with Gasteiger partial charge in [-0.3, -0.25) is 9.59 Å². The summed E-state index contributed by atoms with van der Waals surface area (Å²) >= 11 is 0. The standard InChI is InChI=1S/C20H18F3N3O2/c21-15-7-12(8-16(22)18(15)23)14-5-4-11(9-17(14)24)20(28)26-13-3-1-2-10(6-13)19(25)27/h1-4,6-8,14,17H,5,9,24H2,(H2,25,27)(H,26,28)/t14-,17+/m1/s1. The summed E-state index contributed by atoms with van der Waals surface area (Å²) in [6.45, 7) is 0. The van der Waals surface area contributed by atoms with Crippen molar-refractivity contribution < 1.29 is 22.8 Å². The molecule has 2 aromatic rings. The highest BCUT2D eigenvalue weighted by Gasteiger charge is 2.28. The van der Waals surface area contributed by atoms with Crippen LogP contribution in [0.3, 0.4) is 0 Å². The van der Waals surface area contributed by atoms with Crippen molar-refractivity contribution in [1.29, 1.82) is 0 Å². The van der Waals surface area contributed by atoms with Crippen LogP contribution in [0.1, 0.15) is 34.7 Å². The zero-order chi connectivity index (χ0) is 20.4. The minimum Gasteiger partial charge on any atom is -0.366 e. The minimum absolute atomic E-state index is 0.173. The number of hydrogen-bond acceptors (Lipinski definition) is 3. The van der Waals surface area contributed by atoms with E-state index >= 15 is 0 Å². The summed E-state index contributed by atoms with van der Waals surface area (Å²) < 4.78 is 40.1. The Morgan fingerprint density at radius 1 is 1.07 bits per heavy atom. The largest absolute Gasteiger partial charge is 0.366 e. The summed E-state index contributed by atoms with van der Waals surface area (Å²) in [5, 5.41) is 2.67. The summed E-state index contributed by atoms with van der Waals surface area (Å²) in [5.41, 5.74) is 12.7. The third kappa shape index (κ3) is 4.07. The summed E-state index contributed by atoms with van der Waals surface area (Å²) in [6.07, 6.45) is 2.09. The number of amides is 2. The van der Waals surface area contributed by atoms with Gasteiger partial charge in [0.1, 0.15) is 0 Å². The Balaban J connectivity index is 1.75. The van der Waals surface area contributed by atoms with Gasteiger partial charge in [-0.1, -0.05) is 12.1 Å². The Hall–Kier alpha value is -3.13. The van der Waals surface area contributed by atoms with E-state index in [1.165, 1.54) is 12.1 Å². The lowest BCUT2D eigenvalue weighted by Gasteiger charge is -2.28. The number of anilines is 1. The zero-order valence-corrected chi connectivity index (χ0v) is 14.7. The van der Waals surface area contributed by atoms with Crippen LogP contribution >= 0.6 is 0 Å². The van der Waals surface area contributed by atoms with E-state index in [1.54, 1.807) is 18.2 Å². The first-order valence-corrected chi connectivity index (χ1v) is 8.56. The number of benzene rings is 2. The van der Waals surface area contributed by atoms with Crippen molar-refractivity contribution in [3.05, 3.63) is 76.6 Å². The fraction of sp³-hybridized carbons (Fsp3) is 0.200. The molecular weight excluding hydrogens is 371 g/mol. The first-order chi connectivity index (χ1) is 13.3. The van der Waals surface area contributed by atoms with E-state index in [4.69, 9.17) is 11.5 Å². The fourth-order valence-corrected chi connectivity index (χ4v) is 3.24. The van der Waals surface area contributed by atoms with Gasteiger partial charge in [0.2, 0.25) is 5.91 Å². The van der Waals surface area contributed by atoms with Gasteiger partial charge in [-0.05, 0) is 48.7 Å². The Morgan fingerprint density at radius 2 is 1.75 bits per heavy atom. The number of carbonyl (C=O) groups excluding carboxylic acids is 2. The number of halogens is 3. The van der Waals surface area contributed by atoms with Gasteiger partial charge in [0, 0.05) is 28.8 Å². The molecule has 0 saturated heterocycles. The Labute approximate surface area is 159 Å². The van der Waals surface area contributed by atoms with Gasteiger partial charge in [-0.15, -0.1) is 0 Å². The van der Waals surface area contributed by atoms with Gasteiger partial charge < -0.3 is 16.8 Å². The average molecular weight is 389 g/mol. The molecule has 8 heteroatoms. The van der Waals surface area contributed by atoms with Crippen LogP contribution < -0.4 is 16.8 Å². The quantitative estimate of drug-likeness (QED) is 0.701. The van der Waals surface area contributed by atoms with Crippen molar-refractivity contribution in [2.24, 2.45) is 11.5 Å². The number of rotatable bonds is 4. The molecule has 2 amide bonds. The molecule has 0 heterocycles. The molecule has 1 aliphatic rings. The smallest absolute Gasteiger partial charge is 0.251 e. The van der Waals surface area contributed by atoms with E-state index < -0.39 is 41.2 Å². The molecule has 0 aromatic heterocycles. The van der Waals surface area contributed by atoms with Crippen molar-refractivity contribution in [2.45, 2.75) is 24.8 Å². The maximum atomic E-state index is 13.5. The highest BCUT2D eigenvalue weighted by atomic mass is 19.2. The molecule has 0 bridgehead atoms. The third-order valence-corrected chi connectivity index (χ3v) is 4.72. The van der Waals surface area contributed by atoms with Gasteiger partial charge >= 0.3 is 0 Å². The first kappa shape index (κ1) is 19.6. The maximum absolute atomic E-state index is 13.5. The molecule has 5 nitrogen and oxygen atoms in total. The highest BCUT2D eigenvalue weighted by Crippen LogP contribution is 2.33. The normalized spacial score (nSPS) is 19.1. The second-order valence-corrected chi connectivity index (χ2v) is 6.64. The maximum Gasteiger partial charge on any atom is 0.251 e. The Kier molecular flexibility index (Phi) is 5.51. The SMILES string of the molecule is NC(=O)c1cccc(NC(=O)C2=CC[C@H](c3cc(F)c(F)c(F)c3)[C@@H](N)C2)c1. The van der Waals surface area contributed by atoms with E-state index in [0.717, 1.165) is 12.1 Å². The molecule has 28 heavy (non-hydrogen) atoms. The summed E-state index contributed by atoms with van der Waals surface area (Å²) in [7, 11) is 0. The molecule has 5 N–H and O–H groups in total. The molecule has 3 rings (SSSR count). The molecule has 0 fully saturated rings. The van der Waals surface area contributed by atoms with Crippen molar-refractivity contribution in [3.63, 3.8) is 0 Å². The predicted molar refractivity (Wildman–Crippen MR) is 97.9 cm³/mol. The molecule has 1 aliphatic carbocycles. The lowest BCUT2D eigenvalue weighted by atomic mass is 9.80. The molecule has 0 aliphatic heterocycles. The van der Waals surface area contributed by atoms with Crippen LogP contribution in [0.15, 0.2) is 48.0 Å². The second kappa shape index (κ2) is 7.85. The monoisotopic (exact) mass is 389 g/mol. The second-order valence-electron chi connectivity index (χ2n) is 6.64. The zero-order valence-electron chi connectivity index (χ0n) is 14.7. The van der Waals surface area contributed by atoms with Crippen LogP contribution in [0, 0.1) is 17.5 Å². The van der Waals surface area contributed by atoms with Gasteiger partial charge in [0.25, 0.3) is 5.91 Å². The molecular formula is C20H18F3N3O2. The lowest BCUT2D eigenvalue weighted by molar-refractivity contribution is -0.113. The summed E-state index contributed by atoms with van der Waals surface area (Å²) in [6, 6.07) is 7.46. The highest BCUT2D eigenvalue weighted by molar-refractivity contribution is 6.04. The van der Waals surface area contributed by atoms with Crippen molar-refractivity contribution in [2.75, 3.05) is 5.32 Å². The minimum atomic E-state index is -1.53. The average Bonchev–Trinajstić information content (AvgIpc) is 2.65. The van der Waals surface area contributed by atoms with Crippen molar-refractivity contribution in [3.8, 4) is 0 Å². The van der Waals surface area contributed by atoms with Crippen LogP contribution in [-0.2, 0) is 4.79 Å². The van der Waals surface area contributed by atoms with Gasteiger partial charge in [-0.2, -0.15) is 0 Å². The van der Waals surface area contributed by atoms with Crippen LogP contribution in [0.4, 0.5) is 18.9 Å². The van der Waals surface area contributed by atoms with Crippen LogP contribution in [-0.4, -0.2) is 17.9 Å². The topological polar surface area (TPSA) is 98.2 Å². The molecule has 0 unspecified atom stereocenters. The molecule has 2 aromatic carbocycles. The number of primary amides is 1. The number of nitrogens with two attached hydrogens (primary N) is 2. The number of hydrogen-bond donors (Lipinski definition) is 3. The number of allylic oxidation sites excluding steroid dienone is 1. The Morgan fingerprint density at radius 3 is 2.36 bits per heavy atom. The molecule has 146 valence electrons. The van der Waals surface area contributed by atoms with E-state index in [9.17, 15) is 22.8 Å². The van der Waals surface area contributed by atoms with Crippen LogP contribution in [0.25, 0.3) is 0 Å². The number of carbonyl (C=O) groups is 2. The van der Waals surface area contributed by atoms with Crippen LogP contribution in [0.2, 0.25) is 0 Å². The van der Waals surface area contributed by atoms with Gasteiger partial charge in [-0.25, -0.2) is 13.2 Å². The third-order valence-electron chi connectivity index (χ3n) is 4.72. The van der Waals surface area contributed by atoms with E-state index in [0.29, 0.717) is 11.3 Å². The predicted octanol–water partition coefficient (Wildman–Crippen LogP) is 2.97. The van der Waals surface area contributed by atoms with Crippen molar-refractivity contribution >= 4 is 17.5 Å². The summed E-state index contributed by atoms with van der Waals surface area (Å²) in [5.74, 6) is -5.53. The van der Waals surface area contributed by atoms with E-state index in [-0.39, 0.29) is 24.0 Å². The molecule has 0 radical (unpaired) electrons. The van der Waals surface area contributed by atoms with Gasteiger partial charge in [0.05, 0.1) is 0 Å². The fourth-order valence-electron chi connectivity index (χ4n) is 3.24. The Bertz CT molecular complexity index is 952. The summed E-state index contributed by atoms with van der Waals surface area (Å²) in [4.78, 5) is 23.7. The molecule has 0 spiro atoms. The molecule has 0 saturated carbocycles. The van der Waals surface area contributed by atoms with Crippen molar-refractivity contribution in [1.82, 2.24) is 0 Å². The number of nitrogens with one attached hydrogen (secondary N) is 1. The van der Waals surface area contributed by atoms with Gasteiger partial charge in [0.15, 0.2) is 17.5 Å². The van der Waals surface area contributed by atoms with Crippen LogP contribution in [0.5, 0.6) is 0 Å². The molecule has 2 atom stereocenters.